The molecule has 0 amide bonds. The fourth-order valence-electron chi connectivity index (χ4n) is 0.297. The Balaban J connectivity index is -0.000000405. The van der Waals surface area contributed by atoms with Crippen molar-refractivity contribution in [2.45, 2.75) is 6.92 Å². The van der Waals surface area contributed by atoms with Gasteiger partial charge in [-0.15, -0.1) is 0 Å². The quantitative estimate of drug-likeness (QED) is 0.356. The molecule has 0 aromatic rings. The Bertz CT molecular complexity index is 180. The van der Waals surface area contributed by atoms with Crippen molar-refractivity contribution in [1.82, 2.24) is 5.09 Å². The van der Waals surface area contributed by atoms with Gasteiger partial charge in [0.1, 0.15) is 0 Å². The van der Waals surface area contributed by atoms with Crippen LogP contribution in [0, 0.1) is 0 Å². The van der Waals surface area contributed by atoms with Gasteiger partial charge in [0, 0.05) is 6.54 Å². The molecule has 0 aliphatic rings. The van der Waals surface area contributed by atoms with Gasteiger partial charge in [-0.1, -0.05) is 25.1 Å². The number of rotatable bonds is 4. The third-order valence-electron chi connectivity index (χ3n) is 0.881. The Morgan fingerprint density at radius 3 is 2.25 bits per heavy atom. The first kappa shape index (κ1) is 18.9. The van der Waals surface area contributed by atoms with Crippen molar-refractivity contribution in [3.8, 4) is 0 Å². The van der Waals surface area contributed by atoms with E-state index in [2.05, 4.69) is 16.9 Å². The fraction of sp³-hybridized carbons (Fsp3) is 0.750. The Hall–Kier alpha value is 1.23. The number of hydrogen-bond donors (Lipinski definition) is 1. The zero-order valence-electron chi connectivity index (χ0n) is 7.49. The van der Waals surface area contributed by atoms with Crippen molar-refractivity contribution in [2.75, 3.05) is 12.7 Å². The summed E-state index contributed by atoms with van der Waals surface area (Å²) in [5.41, 5.74) is 0. The largest absolute Gasteiger partial charge is 1.00 e. The van der Waals surface area contributed by atoms with Gasteiger partial charge in [0.2, 0.25) is 0 Å². The Morgan fingerprint density at radius 1 is 1.58 bits per heavy atom. The summed E-state index contributed by atoms with van der Waals surface area (Å²) in [7, 11) is 0. The maximum absolute atomic E-state index is 10.9. The third-order valence-corrected chi connectivity index (χ3v) is 3.52. The van der Waals surface area contributed by atoms with Crippen LogP contribution >= 0.6 is 6.42 Å². The number of hydrogen-bond acceptors (Lipinski definition) is 4. The molecule has 0 bridgehead atoms. The Labute approximate surface area is 101 Å². The summed E-state index contributed by atoms with van der Waals surface area (Å²) in [6.07, 6.45) is -2.54. The number of carboxylic acids is 1. The molecule has 60 valence electrons. The summed E-state index contributed by atoms with van der Waals surface area (Å²) in [6, 6.07) is 0. The number of carboxylic acid groups (broad SMARTS) is 1. The predicted octanol–water partition coefficient (Wildman–Crippen LogP) is -7.98. The molecule has 0 aliphatic carbocycles. The predicted molar refractivity (Wildman–Crippen MR) is 37.8 cm³/mol. The zero-order valence-corrected chi connectivity index (χ0v) is 9.21. The average Bonchev–Trinajstić information content (AvgIpc) is 1.85. The van der Waals surface area contributed by atoms with E-state index in [9.17, 15) is 14.8 Å². The summed E-state index contributed by atoms with van der Waals surface area (Å²) >= 11 is 4.52. The van der Waals surface area contributed by atoms with E-state index in [0.717, 1.165) is 0 Å². The smallest absolute Gasteiger partial charge is 0.810 e. The minimum atomic E-state index is -2.81. The molecule has 1 atom stereocenters. The van der Waals surface area contributed by atoms with Crippen LogP contribution in [-0.2, 0) is 16.6 Å². The zero-order chi connectivity index (χ0) is 8.20. The number of carbonyl (C=O) groups is 1. The normalized spacial score (nSPS) is 13.5. The van der Waals surface area contributed by atoms with E-state index in [1.54, 1.807) is 6.92 Å². The van der Waals surface area contributed by atoms with Crippen LogP contribution in [0.3, 0.4) is 0 Å². The van der Waals surface area contributed by atoms with Gasteiger partial charge in [-0.3, -0.25) is 5.09 Å². The molecule has 0 fully saturated rings. The molecular formula is C4H8Li2NO3PS. The van der Waals surface area contributed by atoms with E-state index in [0.29, 0.717) is 0 Å². The standard InChI is InChI=1S/C4H10NO3PS.2Li/c1-2-9(8,10)5-3-4(6)7;;/h2-3H2,1H3,(H,6,7)(H2,5,8,10);;/q;2*+1/p-2. The molecule has 0 rings (SSSR count). The van der Waals surface area contributed by atoms with Crippen molar-refractivity contribution >= 4 is 24.2 Å². The van der Waals surface area contributed by atoms with Crippen LogP contribution in [-0.4, -0.2) is 18.7 Å². The first-order valence-electron chi connectivity index (χ1n) is 2.73. The van der Waals surface area contributed by atoms with Crippen molar-refractivity contribution in [2.24, 2.45) is 0 Å². The number of nitrogens with one attached hydrogen (secondary N) is 1. The molecule has 0 aromatic carbocycles. The Kier molecular flexibility index (Phi) is 13.9. The molecule has 0 saturated heterocycles. The van der Waals surface area contributed by atoms with E-state index in [1.807, 2.05) is 0 Å². The van der Waals surface area contributed by atoms with Gasteiger partial charge in [0.15, 0.2) is 0 Å². The molecule has 4 nitrogen and oxygen atoms in total. The number of aliphatic carboxylic acids is 1. The van der Waals surface area contributed by atoms with Crippen LogP contribution < -0.4 is 52.8 Å². The van der Waals surface area contributed by atoms with Crippen LogP contribution in [0.25, 0.3) is 0 Å². The van der Waals surface area contributed by atoms with E-state index in [1.165, 1.54) is 0 Å². The monoisotopic (exact) mass is 195 g/mol. The van der Waals surface area contributed by atoms with E-state index < -0.39 is 18.9 Å². The molecule has 0 aromatic heterocycles. The fourth-order valence-corrected chi connectivity index (χ4v) is 1.08. The topological polar surface area (TPSA) is 75.2 Å². The second-order valence-electron chi connectivity index (χ2n) is 1.70. The van der Waals surface area contributed by atoms with Crippen LogP contribution in [0.15, 0.2) is 0 Å². The average molecular weight is 195 g/mol. The molecule has 0 saturated carbocycles. The second kappa shape index (κ2) is 8.82. The van der Waals surface area contributed by atoms with E-state index in [-0.39, 0.29) is 43.9 Å². The molecule has 1 N–H and O–H groups in total. The van der Waals surface area contributed by atoms with Crippen LogP contribution in [0.1, 0.15) is 6.92 Å². The van der Waals surface area contributed by atoms with Crippen molar-refractivity contribution in [3.63, 3.8) is 0 Å². The third kappa shape index (κ3) is 11.2. The van der Waals surface area contributed by atoms with Gasteiger partial charge < -0.3 is 14.8 Å². The van der Waals surface area contributed by atoms with Crippen LogP contribution in [0.2, 0.25) is 0 Å². The van der Waals surface area contributed by atoms with E-state index >= 15 is 0 Å². The molecule has 12 heavy (non-hydrogen) atoms. The van der Waals surface area contributed by atoms with Crippen LogP contribution in [0.5, 0.6) is 0 Å². The second-order valence-corrected chi connectivity index (χ2v) is 5.76. The minimum Gasteiger partial charge on any atom is -0.810 e. The van der Waals surface area contributed by atoms with Crippen molar-refractivity contribution < 1.29 is 52.5 Å². The summed E-state index contributed by atoms with van der Waals surface area (Å²) in [4.78, 5) is 20.7. The van der Waals surface area contributed by atoms with Gasteiger partial charge in [0.25, 0.3) is 0 Å². The molecule has 0 spiro atoms. The first-order chi connectivity index (χ1) is 4.48. The maximum atomic E-state index is 10.9. The van der Waals surface area contributed by atoms with Gasteiger partial charge in [-0.05, 0) is 6.16 Å². The molecule has 0 radical (unpaired) electrons. The van der Waals surface area contributed by atoms with Crippen molar-refractivity contribution in [1.29, 1.82) is 0 Å². The van der Waals surface area contributed by atoms with Gasteiger partial charge in [-0.25, -0.2) is 0 Å². The van der Waals surface area contributed by atoms with Crippen LogP contribution in [0.4, 0.5) is 0 Å². The molecule has 8 heteroatoms. The first-order valence-corrected chi connectivity index (χ1v) is 5.63. The van der Waals surface area contributed by atoms with Crippen molar-refractivity contribution in [3.05, 3.63) is 0 Å². The molecular weight excluding hydrogens is 187 g/mol. The summed E-state index contributed by atoms with van der Waals surface area (Å²) in [5, 5.41) is 12.0. The molecule has 0 heterocycles. The number of carbonyl (C=O) groups excluding carboxylic acids is 1. The maximum Gasteiger partial charge on any atom is 1.00 e. The SMILES string of the molecule is CCP([O-])(=S)NCC(=O)[O-].[Li+].[Li+]. The van der Waals surface area contributed by atoms with Gasteiger partial charge in [-0.2, -0.15) is 0 Å². The van der Waals surface area contributed by atoms with E-state index in [4.69, 9.17) is 0 Å². The van der Waals surface area contributed by atoms with Gasteiger partial charge >= 0.3 is 37.7 Å². The molecule has 0 aliphatic heterocycles. The molecule has 1 unspecified atom stereocenters. The van der Waals surface area contributed by atoms with Gasteiger partial charge in [0.05, 0.1) is 5.97 Å². The summed E-state index contributed by atoms with van der Waals surface area (Å²) in [6.45, 7) is 1.20. The summed E-state index contributed by atoms with van der Waals surface area (Å²) in [5.74, 6) is -1.29. The summed E-state index contributed by atoms with van der Waals surface area (Å²) < 4.78 is 0. The Morgan fingerprint density at radius 2 is 2.00 bits per heavy atom. The minimum absolute atomic E-state index is 0.